The summed E-state index contributed by atoms with van der Waals surface area (Å²) in [6.45, 7) is 2.71. The molecule has 0 spiro atoms. The first-order valence-corrected chi connectivity index (χ1v) is 6.57. The lowest BCUT2D eigenvalue weighted by Gasteiger charge is -2.19. The van der Waals surface area contributed by atoms with Crippen molar-refractivity contribution < 1.29 is 8.91 Å². The molecule has 1 aromatic heterocycles. The van der Waals surface area contributed by atoms with E-state index in [1.165, 1.54) is 18.9 Å². The Labute approximate surface area is 111 Å². The number of hydrogen-bond donors (Lipinski definition) is 1. The van der Waals surface area contributed by atoms with Gasteiger partial charge in [0.25, 0.3) is 5.89 Å². The normalized spacial score (nSPS) is 19.6. The summed E-state index contributed by atoms with van der Waals surface area (Å²) >= 11 is 0. The van der Waals surface area contributed by atoms with Crippen molar-refractivity contribution in [2.45, 2.75) is 32.2 Å². The lowest BCUT2D eigenvalue weighted by molar-refractivity contribution is 0.367. The van der Waals surface area contributed by atoms with Gasteiger partial charge in [-0.3, -0.25) is 0 Å². The minimum Gasteiger partial charge on any atom is -0.334 e. The summed E-state index contributed by atoms with van der Waals surface area (Å²) in [5, 5.41) is 7.40. The molecule has 0 saturated carbocycles. The number of aryl methyl sites for hydroxylation is 1. The standard InChI is InChI=1S/C14H16FN3O/c1-9-8-10(5-6-11(9)15)14-17-13(18-19-14)12-4-2-3-7-16-12/h5-6,8,12,16H,2-4,7H2,1H3. The Kier molecular flexibility index (Phi) is 3.29. The number of hydrogen-bond acceptors (Lipinski definition) is 4. The molecule has 1 atom stereocenters. The molecule has 2 heterocycles. The SMILES string of the molecule is Cc1cc(-c2nc(C3CCCCN3)no2)ccc1F. The lowest BCUT2D eigenvalue weighted by Crippen LogP contribution is -2.27. The van der Waals surface area contributed by atoms with Gasteiger partial charge in [-0.2, -0.15) is 4.98 Å². The summed E-state index contributed by atoms with van der Waals surface area (Å²) in [7, 11) is 0. The van der Waals surface area contributed by atoms with Crippen molar-refractivity contribution in [3.05, 3.63) is 35.4 Å². The highest BCUT2D eigenvalue weighted by atomic mass is 19.1. The third-order valence-corrected chi connectivity index (χ3v) is 3.47. The molecule has 1 aliphatic heterocycles. The second kappa shape index (κ2) is 5.09. The first-order valence-electron chi connectivity index (χ1n) is 6.57. The third kappa shape index (κ3) is 2.51. The summed E-state index contributed by atoms with van der Waals surface area (Å²) in [5.41, 5.74) is 1.33. The molecule has 0 radical (unpaired) electrons. The predicted octanol–water partition coefficient (Wildman–Crippen LogP) is 3.00. The van der Waals surface area contributed by atoms with Gasteiger partial charge in [0.1, 0.15) is 5.82 Å². The van der Waals surface area contributed by atoms with Crippen LogP contribution in [0.5, 0.6) is 0 Å². The van der Waals surface area contributed by atoms with Crippen molar-refractivity contribution in [2.24, 2.45) is 0 Å². The van der Waals surface area contributed by atoms with Crippen LogP contribution in [0.2, 0.25) is 0 Å². The van der Waals surface area contributed by atoms with Crippen LogP contribution in [0.4, 0.5) is 4.39 Å². The van der Waals surface area contributed by atoms with Crippen LogP contribution >= 0.6 is 0 Å². The summed E-state index contributed by atoms with van der Waals surface area (Å²) < 4.78 is 18.5. The van der Waals surface area contributed by atoms with Gasteiger partial charge in [-0.1, -0.05) is 11.6 Å². The molecule has 4 nitrogen and oxygen atoms in total. The molecule has 0 amide bonds. The average molecular weight is 261 g/mol. The summed E-state index contributed by atoms with van der Waals surface area (Å²) in [6, 6.07) is 4.98. The first kappa shape index (κ1) is 12.3. The maximum atomic E-state index is 13.2. The van der Waals surface area contributed by atoms with Crippen molar-refractivity contribution in [3.8, 4) is 11.5 Å². The van der Waals surface area contributed by atoms with E-state index >= 15 is 0 Å². The number of rotatable bonds is 2. The number of halogens is 1. The molecule has 3 rings (SSSR count). The van der Waals surface area contributed by atoms with Gasteiger partial charge in [-0.05, 0) is 50.1 Å². The highest BCUT2D eigenvalue weighted by Gasteiger charge is 2.20. The van der Waals surface area contributed by atoms with E-state index in [0.29, 0.717) is 17.3 Å². The fraction of sp³-hybridized carbons (Fsp3) is 0.429. The van der Waals surface area contributed by atoms with E-state index in [1.54, 1.807) is 19.1 Å². The minimum absolute atomic E-state index is 0.174. The molecule has 0 bridgehead atoms. The van der Waals surface area contributed by atoms with Crippen molar-refractivity contribution in [3.63, 3.8) is 0 Å². The molecular weight excluding hydrogens is 245 g/mol. The Hall–Kier alpha value is -1.75. The van der Waals surface area contributed by atoms with E-state index in [1.807, 2.05) is 0 Å². The molecular formula is C14H16FN3O. The van der Waals surface area contributed by atoms with E-state index in [-0.39, 0.29) is 11.9 Å². The van der Waals surface area contributed by atoms with E-state index in [0.717, 1.165) is 18.5 Å². The van der Waals surface area contributed by atoms with E-state index in [4.69, 9.17) is 4.52 Å². The van der Waals surface area contributed by atoms with Gasteiger partial charge in [0.05, 0.1) is 6.04 Å². The van der Waals surface area contributed by atoms with Gasteiger partial charge < -0.3 is 9.84 Å². The zero-order valence-corrected chi connectivity index (χ0v) is 10.8. The molecule has 1 N–H and O–H groups in total. The number of aromatic nitrogens is 2. The van der Waals surface area contributed by atoms with E-state index < -0.39 is 0 Å². The number of nitrogens with one attached hydrogen (secondary N) is 1. The zero-order chi connectivity index (χ0) is 13.2. The van der Waals surface area contributed by atoms with Gasteiger partial charge >= 0.3 is 0 Å². The quantitative estimate of drug-likeness (QED) is 0.902. The van der Waals surface area contributed by atoms with Crippen molar-refractivity contribution in [1.29, 1.82) is 0 Å². The van der Waals surface area contributed by atoms with E-state index in [9.17, 15) is 4.39 Å². The molecule has 1 aromatic carbocycles. The maximum Gasteiger partial charge on any atom is 0.257 e. The van der Waals surface area contributed by atoms with Crippen molar-refractivity contribution in [2.75, 3.05) is 6.54 Å². The molecule has 1 aliphatic rings. The highest BCUT2D eigenvalue weighted by molar-refractivity contribution is 5.54. The molecule has 100 valence electrons. The number of nitrogens with zero attached hydrogens (tertiary/aromatic N) is 2. The molecule has 0 aliphatic carbocycles. The van der Waals surface area contributed by atoms with Crippen LogP contribution in [0.25, 0.3) is 11.5 Å². The fourth-order valence-electron chi connectivity index (χ4n) is 2.34. The molecule has 19 heavy (non-hydrogen) atoms. The van der Waals surface area contributed by atoms with Gasteiger partial charge in [-0.15, -0.1) is 0 Å². The second-order valence-corrected chi connectivity index (χ2v) is 4.92. The van der Waals surface area contributed by atoms with Crippen LogP contribution < -0.4 is 5.32 Å². The van der Waals surface area contributed by atoms with Crippen LogP contribution in [0.15, 0.2) is 22.7 Å². The monoisotopic (exact) mass is 261 g/mol. The summed E-state index contributed by atoms with van der Waals surface area (Å²) in [5.74, 6) is 0.916. The number of benzene rings is 1. The summed E-state index contributed by atoms with van der Waals surface area (Å²) in [6.07, 6.45) is 3.40. The van der Waals surface area contributed by atoms with Gasteiger partial charge in [0.2, 0.25) is 0 Å². The molecule has 1 fully saturated rings. The Morgan fingerprint density at radius 2 is 2.26 bits per heavy atom. The van der Waals surface area contributed by atoms with Crippen LogP contribution in [-0.2, 0) is 0 Å². The van der Waals surface area contributed by atoms with Gasteiger partial charge in [0.15, 0.2) is 5.82 Å². The van der Waals surface area contributed by atoms with Crippen molar-refractivity contribution >= 4 is 0 Å². The Morgan fingerprint density at radius 1 is 1.37 bits per heavy atom. The van der Waals surface area contributed by atoms with Crippen LogP contribution in [-0.4, -0.2) is 16.7 Å². The molecule has 1 saturated heterocycles. The van der Waals surface area contributed by atoms with Crippen molar-refractivity contribution in [1.82, 2.24) is 15.5 Å². The Balaban J connectivity index is 1.85. The lowest BCUT2D eigenvalue weighted by atomic mass is 10.0. The fourth-order valence-corrected chi connectivity index (χ4v) is 2.34. The zero-order valence-electron chi connectivity index (χ0n) is 10.8. The van der Waals surface area contributed by atoms with Crippen LogP contribution in [0.3, 0.4) is 0 Å². The molecule has 2 aromatic rings. The van der Waals surface area contributed by atoms with E-state index in [2.05, 4.69) is 15.5 Å². The average Bonchev–Trinajstić information content (AvgIpc) is 2.93. The maximum absolute atomic E-state index is 13.2. The van der Waals surface area contributed by atoms with Gasteiger partial charge in [-0.25, -0.2) is 4.39 Å². The highest BCUT2D eigenvalue weighted by Crippen LogP contribution is 2.24. The minimum atomic E-state index is -0.225. The second-order valence-electron chi connectivity index (χ2n) is 4.92. The first-order chi connectivity index (χ1) is 9.24. The largest absolute Gasteiger partial charge is 0.334 e. The van der Waals surface area contributed by atoms with Gasteiger partial charge in [0, 0.05) is 5.56 Å². The third-order valence-electron chi connectivity index (χ3n) is 3.47. The summed E-state index contributed by atoms with van der Waals surface area (Å²) in [4.78, 5) is 4.41. The Bertz CT molecular complexity index is 576. The van der Waals surface area contributed by atoms with Crippen LogP contribution in [0, 0.1) is 12.7 Å². The predicted molar refractivity (Wildman–Crippen MR) is 69.0 cm³/mol. The smallest absolute Gasteiger partial charge is 0.257 e. The molecule has 5 heteroatoms. The number of piperidine rings is 1. The molecule has 1 unspecified atom stereocenters. The Morgan fingerprint density at radius 3 is 3.00 bits per heavy atom. The topological polar surface area (TPSA) is 51.0 Å². The van der Waals surface area contributed by atoms with Crippen LogP contribution in [0.1, 0.15) is 36.7 Å².